The average molecular weight is 543 g/mol. The van der Waals surface area contributed by atoms with Crippen LogP contribution in [0.1, 0.15) is 55.2 Å². The van der Waals surface area contributed by atoms with Crippen molar-refractivity contribution in [1.82, 2.24) is 19.9 Å². The van der Waals surface area contributed by atoms with E-state index in [0.717, 1.165) is 66.9 Å². The summed E-state index contributed by atoms with van der Waals surface area (Å²) in [4.78, 5) is 14.6. The third-order valence-corrected chi connectivity index (χ3v) is 7.19. The number of nitrogens with one attached hydrogen (secondary N) is 2. The quantitative estimate of drug-likeness (QED) is 0.126. The van der Waals surface area contributed by atoms with E-state index in [1.807, 2.05) is 35.2 Å². The Hall–Kier alpha value is -3.92. The Kier molecular flexibility index (Phi) is 10.1. The van der Waals surface area contributed by atoms with Gasteiger partial charge < -0.3 is 27.1 Å². The molecule has 1 aromatic carbocycles. The van der Waals surface area contributed by atoms with Gasteiger partial charge in [-0.2, -0.15) is 0 Å². The van der Waals surface area contributed by atoms with Crippen LogP contribution in [-0.2, 0) is 0 Å². The van der Waals surface area contributed by atoms with Crippen LogP contribution in [0, 0.1) is 11.2 Å². The highest BCUT2D eigenvalue weighted by atomic mass is 19.1. The minimum absolute atomic E-state index is 0.00691. The summed E-state index contributed by atoms with van der Waals surface area (Å²) >= 11 is 0. The molecule has 3 unspecified atom stereocenters. The number of imidazole rings is 1. The molecule has 9 heteroatoms. The highest BCUT2D eigenvalue weighted by molar-refractivity contribution is 5.94. The van der Waals surface area contributed by atoms with Crippen molar-refractivity contribution >= 4 is 17.5 Å². The molecule has 3 atom stereocenters. The molecular formula is C31H39FN8. The number of amidine groups is 1. The number of aromatic amines is 1. The van der Waals surface area contributed by atoms with Crippen molar-refractivity contribution in [3.63, 3.8) is 0 Å². The van der Waals surface area contributed by atoms with Crippen molar-refractivity contribution in [3.05, 3.63) is 96.4 Å². The van der Waals surface area contributed by atoms with Gasteiger partial charge in [-0.3, -0.25) is 5.41 Å². The zero-order valence-electron chi connectivity index (χ0n) is 22.8. The Morgan fingerprint density at radius 2 is 2.02 bits per heavy atom. The smallest absolute Gasteiger partial charge is 0.130 e. The van der Waals surface area contributed by atoms with Crippen LogP contribution in [-0.4, -0.2) is 50.9 Å². The molecular weight excluding hydrogens is 503 g/mol. The topological polar surface area (TPSA) is 147 Å². The van der Waals surface area contributed by atoms with Gasteiger partial charge in [-0.25, -0.2) is 14.4 Å². The number of halogens is 1. The molecule has 2 aromatic heterocycles. The number of nitrogens with two attached hydrogens (primary N) is 3. The lowest BCUT2D eigenvalue weighted by molar-refractivity contribution is 0.399. The van der Waals surface area contributed by atoms with Gasteiger partial charge in [-0.05, 0) is 86.2 Å². The van der Waals surface area contributed by atoms with E-state index in [0.29, 0.717) is 18.2 Å². The minimum atomic E-state index is -0.256. The largest absolute Gasteiger partial charge is 0.350 e. The van der Waals surface area contributed by atoms with Gasteiger partial charge in [0.25, 0.3) is 0 Å². The number of hydrogen-bond acceptors (Lipinski definition) is 6. The van der Waals surface area contributed by atoms with Crippen molar-refractivity contribution < 1.29 is 4.39 Å². The number of nitrogens with zero attached hydrogens (tertiary/aromatic N) is 3. The number of allylic oxidation sites excluding steroid dienone is 2. The van der Waals surface area contributed by atoms with Gasteiger partial charge in [0.2, 0.25) is 0 Å². The zero-order chi connectivity index (χ0) is 28.5. The first-order chi connectivity index (χ1) is 19.4. The molecule has 4 rings (SSSR count). The third kappa shape index (κ3) is 7.38. The van der Waals surface area contributed by atoms with Gasteiger partial charge in [0.1, 0.15) is 17.5 Å². The second kappa shape index (κ2) is 13.9. The Morgan fingerprint density at radius 3 is 2.80 bits per heavy atom. The van der Waals surface area contributed by atoms with E-state index in [9.17, 15) is 4.39 Å². The maximum atomic E-state index is 13.8. The number of rotatable bonds is 12. The number of likely N-dealkylation sites (tertiary alicyclic amines) is 1. The van der Waals surface area contributed by atoms with Crippen molar-refractivity contribution in [2.75, 3.05) is 13.1 Å². The lowest BCUT2D eigenvalue weighted by Gasteiger charge is -2.26. The lowest BCUT2D eigenvalue weighted by atomic mass is 9.96. The molecule has 3 aromatic rings. The van der Waals surface area contributed by atoms with Crippen molar-refractivity contribution in [3.8, 4) is 11.4 Å². The Labute approximate surface area is 235 Å². The standard InChI is InChI=1S/C31H39FN8/c1-2-6-24(25(35)13-12-23(34)16-17-33)26-9-4-10-27(38-26)28-20-37-31(39-28)15-14-30(36)40-18-5-11-29(40)21-7-3-8-22(32)19-21/h2-4,6-10,14-15,19-20,23,25,29,36H,1,5,11-13,16-18,33-35H2,(H,37,39)/b15-14-,24-6+,36-30?. The molecule has 0 aliphatic carbocycles. The predicted octanol–water partition coefficient (Wildman–Crippen LogP) is 4.79. The first kappa shape index (κ1) is 29.1. The van der Waals surface area contributed by atoms with Gasteiger partial charge in [-0.1, -0.05) is 36.9 Å². The molecule has 0 radical (unpaired) electrons. The third-order valence-electron chi connectivity index (χ3n) is 7.19. The summed E-state index contributed by atoms with van der Waals surface area (Å²) in [6.07, 6.45) is 12.9. The summed E-state index contributed by atoms with van der Waals surface area (Å²) in [6, 6.07) is 12.2. The van der Waals surface area contributed by atoms with Crippen LogP contribution in [0.25, 0.3) is 23.0 Å². The molecule has 1 aliphatic rings. The monoisotopic (exact) mass is 542 g/mol. The van der Waals surface area contributed by atoms with Crippen molar-refractivity contribution in [2.45, 2.75) is 50.2 Å². The van der Waals surface area contributed by atoms with Crippen LogP contribution in [0.3, 0.4) is 0 Å². The molecule has 0 spiro atoms. The molecule has 3 heterocycles. The van der Waals surface area contributed by atoms with E-state index in [4.69, 9.17) is 27.6 Å². The fourth-order valence-electron chi connectivity index (χ4n) is 5.10. The molecule has 1 saturated heterocycles. The number of pyridine rings is 1. The molecule has 210 valence electrons. The summed E-state index contributed by atoms with van der Waals surface area (Å²) in [7, 11) is 0. The van der Waals surface area contributed by atoms with Crippen molar-refractivity contribution in [1.29, 1.82) is 5.41 Å². The zero-order valence-corrected chi connectivity index (χ0v) is 22.8. The first-order valence-corrected chi connectivity index (χ1v) is 13.7. The molecule has 8 nitrogen and oxygen atoms in total. The molecule has 1 fully saturated rings. The normalized spacial score (nSPS) is 17.4. The average Bonchev–Trinajstić information content (AvgIpc) is 3.64. The molecule has 0 amide bonds. The maximum absolute atomic E-state index is 13.8. The molecule has 0 saturated carbocycles. The molecule has 8 N–H and O–H groups in total. The lowest BCUT2D eigenvalue weighted by Crippen LogP contribution is -2.29. The van der Waals surface area contributed by atoms with E-state index in [1.54, 1.807) is 36.6 Å². The van der Waals surface area contributed by atoms with E-state index < -0.39 is 0 Å². The van der Waals surface area contributed by atoms with Crippen LogP contribution >= 0.6 is 0 Å². The maximum Gasteiger partial charge on any atom is 0.130 e. The fraction of sp³-hybridized carbons (Fsp3) is 0.323. The predicted molar refractivity (Wildman–Crippen MR) is 161 cm³/mol. The summed E-state index contributed by atoms with van der Waals surface area (Å²) in [5.74, 6) is 0.720. The minimum Gasteiger partial charge on any atom is -0.350 e. The fourth-order valence-corrected chi connectivity index (χ4v) is 5.10. The Bertz CT molecular complexity index is 1360. The summed E-state index contributed by atoms with van der Waals surface area (Å²) in [6.45, 7) is 5.16. The molecule has 0 bridgehead atoms. The van der Waals surface area contributed by atoms with Gasteiger partial charge in [-0.15, -0.1) is 0 Å². The van der Waals surface area contributed by atoms with Gasteiger partial charge in [0, 0.05) is 18.6 Å². The first-order valence-electron chi connectivity index (χ1n) is 13.7. The van der Waals surface area contributed by atoms with E-state index >= 15 is 0 Å². The number of H-pyrrole nitrogens is 1. The summed E-state index contributed by atoms with van der Waals surface area (Å²) in [5.41, 5.74) is 22.3. The van der Waals surface area contributed by atoms with Crippen LogP contribution in [0.5, 0.6) is 0 Å². The number of hydrogen-bond donors (Lipinski definition) is 5. The van der Waals surface area contributed by atoms with E-state index in [1.165, 1.54) is 6.07 Å². The van der Waals surface area contributed by atoms with E-state index in [-0.39, 0.29) is 23.9 Å². The van der Waals surface area contributed by atoms with Crippen LogP contribution in [0.4, 0.5) is 4.39 Å². The molecule has 1 aliphatic heterocycles. The second-order valence-electron chi connectivity index (χ2n) is 10.1. The highest BCUT2D eigenvalue weighted by Crippen LogP contribution is 2.32. The highest BCUT2D eigenvalue weighted by Gasteiger charge is 2.27. The van der Waals surface area contributed by atoms with E-state index in [2.05, 4.69) is 16.5 Å². The second-order valence-corrected chi connectivity index (χ2v) is 10.1. The van der Waals surface area contributed by atoms with Gasteiger partial charge in [0.15, 0.2) is 0 Å². The van der Waals surface area contributed by atoms with Crippen molar-refractivity contribution in [2.24, 2.45) is 17.2 Å². The summed E-state index contributed by atoms with van der Waals surface area (Å²) in [5, 5.41) is 8.63. The number of aromatic nitrogens is 3. The summed E-state index contributed by atoms with van der Waals surface area (Å²) < 4.78 is 13.8. The molecule has 40 heavy (non-hydrogen) atoms. The number of benzene rings is 1. The Balaban J connectivity index is 1.45. The van der Waals surface area contributed by atoms with Crippen LogP contribution in [0.2, 0.25) is 0 Å². The van der Waals surface area contributed by atoms with Gasteiger partial charge in [0.05, 0.1) is 29.3 Å². The van der Waals surface area contributed by atoms with Gasteiger partial charge >= 0.3 is 0 Å². The SMILES string of the molecule is C=C/C=C(/c1cccc(-c2cnc(/C=C\C(=N)N3CCCC3c3cccc(F)c3)[nH]2)n1)C(N)CCC(N)CCN. The van der Waals surface area contributed by atoms with Crippen LogP contribution < -0.4 is 17.2 Å². The Morgan fingerprint density at radius 1 is 1.20 bits per heavy atom. The van der Waals surface area contributed by atoms with Crippen LogP contribution in [0.15, 0.2) is 73.5 Å².